The second-order valence-corrected chi connectivity index (χ2v) is 10.0. The summed E-state index contributed by atoms with van der Waals surface area (Å²) in [5.41, 5.74) is 0.393. The van der Waals surface area contributed by atoms with Crippen LogP contribution in [0.4, 0.5) is 0 Å². The molecular formula is C21H27NO5S. The minimum absolute atomic E-state index is 0.00893. The third kappa shape index (κ3) is 3.81. The van der Waals surface area contributed by atoms with Crippen molar-refractivity contribution in [2.75, 3.05) is 20.5 Å². The molecule has 7 heteroatoms. The zero-order valence-corrected chi connectivity index (χ0v) is 17.7. The number of hydrogen-bond donors (Lipinski definition) is 1. The number of ether oxygens (including phenoxy) is 2. The summed E-state index contributed by atoms with van der Waals surface area (Å²) in [4.78, 5) is 13.2. The molecule has 0 bridgehead atoms. The number of allylic oxidation sites excluding steroid dienone is 3. The van der Waals surface area contributed by atoms with Crippen LogP contribution in [-0.2, 0) is 9.84 Å². The molecule has 0 spiro atoms. The number of benzene rings is 1. The summed E-state index contributed by atoms with van der Waals surface area (Å²) in [5.74, 6) is 1.34. The summed E-state index contributed by atoms with van der Waals surface area (Å²) in [6.45, 7) is 4.25. The zero-order valence-electron chi connectivity index (χ0n) is 16.9. The Hall–Kier alpha value is -2.28. The van der Waals surface area contributed by atoms with E-state index >= 15 is 0 Å². The van der Waals surface area contributed by atoms with Gasteiger partial charge in [0.15, 0.2) is 9.84 Å². The summed E-state index contributed by atoms with van der Waals surface area (Å²) in [6, 6.07) is 5.12. The Labute approximate surface area is 166 Å². The van der Waals surface area contributed by atoms with Gasteiger partial charge in [0.25, 0.3) is 5.91 Å². The maximum Gasteiger partial charge on any atom is 0.255 e. The van der Waals surface area contributed by atoms with Crippen LogP contribution in [-0.4, -0.2) is 40.8 Å². The first-order valence-electron chi connectivity index (χ1n) is 9.21. The van der Waals surface area contributed by atoms with Crippen molar-refractivity contribution in [3.05, 3.63) is 46.9 Å². The van der Waals surface area contributed by atoms with Crippen LogP contribution in [0.5, 0.6) is 11.5 Å². The lowest BCUT2D eigenvalue weighted by Gasteiger charge is -2.17. The van der Waals surface area contributed by atoms with Crippen molar-refractivity contribution in [1.29, 1.82) is 0 Å². The first-order chi connectivity index (χ1) is 13.1. The topological polar surface area (TPSA) is 81.7 Å². The lowest BCUT2D eigenvalue weighted by molar-refractivity contribution is 0.0941. The zero-order chi connectivity index (χ0) is 20.7. The molecule has 0 heterocycles. The Morgan fingerprint density at radius 2 is 1.93 bits per heavy atom. The molecule has 1 aromatic carbocycles. The van der Waals surface area contributed by atoms with Crippen molar-refractivity contribution in [2.24, 2.45) is 17.3 Å². The molecule has 1 aromatic rings. The Morgan fingerprint density at radius 1 is 1.21 bits per heavy atom. The second-order valence-electron chi connectivity index (χ2n) is 8.00. The Balaban J connectivity index is 1.72. The highest BCUT2D eigenvalue weighted by molar-refractivity contribution is 7.94. The van der Waals surface area contributed by atoms with E-state index in [4.69, 9.17) is 9.47 Å². The first-order valence-corrected chi connectivity index (χ1v) is 11.1. The van der Waals surface area contributed by atoms with Crippen LogP contribution in [0.1, 0.15) is 30.6 Å². The standard InChI is InChI=1S/C21H27NO5S/c1-21(2)18(13-6-9-15(10-7-13)28(5,24)25)19(21)22-20(23)16-11-8-14(26-3)12-17(16)27-4/h6,8-13,18-19H,7H2,1-5H3,(H,22,23)/t13?,18-,19-/m0/s1. The highest BCUT2D eigenvalue weighted by atomic mass is 32.2. The molecule has 1 amide bonds. The van der Waals surface area contributed by atoms with Crippen LogP contribution >= 0.6 is 0 Å². The summed E-state index contributed by atoms with van der Waals surface area (Å²) in [6.07, 6.45) is 7.30. The molecule has 0 aromatic heterocycles. The van der Waals surface area contributed by atoms with Crippen LogP contribution in [0.3, 0.4) is 0 Å². The van der Waals surface area contributed by atoms with E-state index in [0.717, 1.165) is 0 Å². The van der Waals surface area contributed by atoms with Gasteiger partial charge in [-0.3, -0.25) is 4.79 Å². The smallest absolute Gasteiger partial charge is 0.255 e. The van der Waals surface area contributed by atoms with Crippen LogP contribution < -0.4 is 14.8 Å². The average molecular weight is 406 g/mol. The molecule has 2 aliphatic rings. The van der Waals surface area contributed by atoms with E-state index in [0.29, 0.717) is 28.4 Å². The number of methoxy groups -OCH3 is 2. The van der Waals surface area contributed by atoms with E-state index in [9.17, 15) is 13.2 Å². The molecule has 3 atom stereocenters. The number of amides is 1. The minimum atomic E-state index is -3.18. The number of hydrogen-bond acceptors (Lipinski definition) is 5. The third-order valence-corrected chi connectivity index (χ3v) is 7.00. The number of carbonyl (C=O) groups excluding carboxylic acids is 1. The normalized spacial score (nSPS) is 25.6. The maximum absolute atomic E-state index is 12.8. The van der Waals surface area contributed by atoms with Crippen molar-refractivity contribution in [2.45, 2.75) is 26.3 Å². The fourth-order valence-corrected chi connectivity index (χ4v) is 4.84. The molecule has 28 heavy (non-hydrogen) atoms. The van der Waals surface area contributed by atoms with Crippen molar-refractivity contribution >= 4 is 15.7 Å². The minimum Gasteiger partial charge on any atom is -0.497 e. The highest BCUT2D eigenvalue weighted by Crippen LogP contribution is 2.57. The van der Waals surface area contributed by atoms with Gasteiger partial charge in [-0.2, -0.15) is 0 Å². The molecule has 1 saturated carbocycles. The van der Waals surface area contributed by atoms with Gasteiger partial charge in [-0.1, -0.05) is 26.0 Å². The van der Waals surface area contributed by atoms with Crippen LogP contribution in [0.15, 0.2) is 41.3 Å². The van der Waals surface area contributed by atoms with E-state index in [-0.39, 0.29) is 29.2 Å². The summed E-state index contributed by atoms with van der Waals surface area (Å²) in [7, 11) is -0.101. The lowest BCUT2D eigenvalue weighted by Crippen LogP contribution is -2.29. The fraction of sp³-hybridized carbons (Fsp3) is 0.476. The van der Waals surface area contributed by atoms with Crippen molar-refractivity contribution in [3.8, 4) is 11.5 Å². The van der Waals surface area contributed by atoms with Gasteiger partial charge in [-0.05, 0) is 41.9 Å². The summed E-state index contributed by atoms with van der Waals surface area (Å²) < 4.78 is 33.9. The molecule has 1 unspecified atom stereocenters. The summed E-state index contributed by atoms with van der Waals surface area (Å²) in [5, 5.41) is 3.13. The number of nitrogens with one attached hydrogen (secondary N) is 1. The Morgan fingerprint density at radius 3 is 2.46 bits per heavy atom. The van der Waals surface area contributed by atoms with Gasteiger partial charge in [0.1, 0.15) is 11.5 Å². The molecular weight excluding hydrogens is 378 g/mol. The molecule has 1 fully saturated rings. The second kappa shape index (κ2) is 7.28. The van der Waals surface area contributed by atoms with Gasteiger partial charge >= 0.3 is 0 Å². The fourth-order valence-electron chi connectivity index (χ4n) is 4.12. The molecule has 3 rings (SSSR count). The maximum atomic E-state index is 12.8. The molecule has 152 valence electrons. The van der Waals surface area contributed by atoms with Crippen LogP contribution in [0.2, 0.25) is 0 Å². The van der Waals surface area contributed by atoms with Gasteiger partial charge in [0, 0.05) is 18.4 Å². The first kappa shape index (κ1) is 20.5. The largest absolute Gasteiger partial charge is 0.497 e. The lowest BCUT2D eigenvalue weighted by atomic mass is 9.91. The van der Waals surface area contributed by atoms with Crippen molar-refractivity contribution in [3.63, 3.8) is 0 Å². The number of rotatable bonds is 6. The van der Waals surface area contributed by atoms with Crippen LogP contribution in [0.25, 0.3) is 0 Å². The van der Waals surface area contributed by atoms with Crippen LogP contribution in [0, 0.1) is 17.3 Å². The predicted molar refractivity (Wildman–Crippen MR) is 108 cm³/mol. The molecule has 0 radical (unpaired) electrons. The molecule has 6 nitrogen and oxygen atoms in total. The highest BCUT2D eigenvalue weighted by Gasteiger charge is 2.61. The van der Waals surface area contributed by atoms with Crippen molar-refractivity contribution in [1.82, 2.24) is 5.32 Å². The SMILES string of the molecule is COc1ccc(C(=O)N[C@H]2[C@H](C3C=CC(S(C)(=O)=O)=CC3)C2(C)C)c(OC)c1. The monoisotopic (exact) mass is 405 g/mol. The van der Waals surface area contributed by atoms with Crippen molar-refractivity contribution < 1.29 is 22.7 Å². The quantitative estimate of drug-likeness (QED) is 0.787. The molecule has 2 aliphatic carbocycles. The Bertz CT molecular complexity index is 946. The van der Waals surface area contributed by atoms with Gasteiger partial charge in [-0.15, -0.1) is 0 Å². The van der Waals surface area contributed by atoms with E-state index in [1.54, 1.807) is 37.5 Å². The number of carbonyl (C=O) groups is 1. The molecule has 0 saturated heterocycles. The summed E-state index contributed by atoms with van der Waals surface area (Å²) >= 11 is 0. The van der Waals surface area contributed by atoms with E-state index in [1.807, 2.05) is 6.08 Å². The van der Waals surface area contributed by atoms with Gasteiger partial charge in [0.05, 0.1) is 24.7 Å². The molecule has 0 aliphatic heterocycles. The Kier molecular flexibility index (Phi) is 5.32. The average Bonchev–Trinajstić information content (AvgIpc) is 3.20. The van der Waals surface area contributed by atoms with E-state index < -0.39 is 9.84 Å². The van der Waals surface area contributed by atoms with Gasteiger partial charge in [-0.25, -0.2) is 8.42 Å². The number of sulfone groups is 1. The van der Waals surface area contributed by atoms with Gasteiger partial charge < -0.3 is 14.8 Å². The molecule has 1 N–H and O–H groups in total. The van der Waals surface area contributed by atoms with E-state index in [2.05, 4.69) is 19.2 Å². The third-order valence-electron chi connectivity index (χ3n) is 5.84. The van der Waals surface area contributed by atoms with E-state index in [1.165, 1.54) is 13.4 Å². The van der Waals surface area contributed by atoms with Gasteiger partial charge in [0.2, 0.25) is 0 Å². The predicted octanol–water partition coefficient (Wildman–Crippen LogP) is 2.96.